The highest BCUT2D eigenvalue weighted by atomic mass is 32.2. The molecule has 0 spiro atoms. The number of nitrogens with zero attached hydrogens (tertiary/aromatic N) is 5. The minimum atomic E-state index is -0.214. The van der Waals surface area contributed by atoms with Crippen LogP contribution in [0.4, 0.5) is 11.5 Å². The van der Waals surface area contributed by atoms with E-state index in [9.17, 15) is 9.59 Å². The summed E-state index contributed by atoms with van der Waals surface area (Å²) >= 11 is 1.47. The van der Waals surface area contributed by atoms with Gasteiger partial charge in [-0.25, -0.2) is 9.50 Å². The Labute approximate surface area is 188 Å². The number of carbonyl (C=O) groups excluding carboxylic acids is 2. The maximum absolute atomic E-state index is 12.6. The molecule has 9 nitrogen and oxygen atoms in total. The van der Waals surface area contributed by atoms with Crippen molar-refractivity contribution in [1.29, 1.82) is 0 Å². The Morgan fingerprint density at radius 1 is 1.09 bits per heavy atom. The Morgan fingerprint density at radius 2 is 1.94 bits per heavy atom. The lowest BCUT2D eigenvalue weighted by molar-refractivity contribution is -0.117. The second-order valence-corrected chi connectivity index (χ2v) is 8.84. The zero-order valence-electron chi connectivity index (χ0n) is 17.6. The summed E-state index contributed by atoms with van der Waals surface area (Å²) < 4.78 is 3.22. The largest absolute Gasteiger partial charge is 0.321 e. The number of benzene rings is 1. The van der Waals surface area contributed by atoms with Crippen molar-refractivity contribution in [2.24, 2.45) is 13.0 Å². The molecule has 1 aromatic carbocycles. The molecular weight excluding hydrogens is 426 g/mol. The van der Waals surface area contributed by atoms with Crippen LogP contribution in [0.1, 0.15) is 29.0 Å². The van der Waals surface area contributed by atoms with Crippen molar-refractivity contribution < 1.29 is 9.59 Å². The summed E-state index contributed by atoms with van der Waals surface area (Å²) in [6.45, 7) is 1.85. The van der Waals surface area contributed by atoms with Gasteiger partial charge >= 0.3 is 0 Å². The molecule has 0 aliphatic heterocycles. The Balaban J connectivity index is 1.29. The van der Waals surface area contributed by atoms with E-state index in [1.807, 2.05) is 43.3 Å². The van der Waals surface area contributed by atoms with Gasteiger partial charge < -0.3 is 10.6 Å². The third-order valence-electron chi connectivity index (χ3n) is 5.04. The minimum absolute atomic E-state index is 0.0168. The number of anilines is 2. The third kappa shape index (κ3) is 4.35. The number of imidazole rings is 1. The van der Waals surface area contributed by atoms with Crippen LogP contribution in [0.25, 0.3) is 5.65 Å². The quantitative estimate of drug-likeness (QED) is 0.468. The van der Waals surface area contributed by atoms with Crippen LogP contribution >= 0.6 is 11.8 Å². The number of amides is 2. The molecular formula is C22H21N7O2S. The van der Waals surface area contributed by atoms with Gasteiger partial charge in [-0.05, 0) is 56.2 Å². The van der Waals surface area contributed by atoms with Crippen molar-refractivity contribution in [2.45, 2.75) is 29.7 Å². The lowest BCUT2D eigenvalue weighted by Gasteiger charge is -2.07. The second-order valence-electron chi connectivity index (χ2n) is 7.74. The molecule has 10 heteroatoms. The Morgan fingerprint density at radius 3 is 2.69 bits per heavy atom. The highest BCUT2D eigenvalue weighted by Crippen LogP contribution is 2.31. The van der Waals surface area contributed by atoms with Gasteiger partial charge in [0.15, 0.2) is 11.5 Å². The highest BCUT2D eigenvalue weighted by Gasteiger charge is 2.30. The van der Waals surface area contributed by atoms with Crippen LogP contribution in [0, 0.1) is 12.8 Å². The van der Waals surface area contributed by atoms with Crippen LogP contribution in [0.5, 0.6) is 0 Å². The van der Waals surface area contributed by atoms with E-state index in [1.165, 1.54) is 11.8 Å². The van der Waals surface area contributed by atoms with Gasteiger partial charge in [-0.3, -0.25) is 14.3 Å². The van der Waals surface area contributed by atoms with E-state index in [1.54, 1.807) is 28.5 Å². The zero-order chi connectivity index (χ0) is 22.2. The molecule has 32 heavy (non-hydrogen) atoms. The number of fused-ring (bicyclic) bond motifs is 1. The maximum Gasteiger partial charge on any atom is 0.273 e. The van der Waals surface area contributed by atoms with E-state index in [0.717, 1.165) is 28.5 Å². The molecule has 5 rings (SSSR count). The summed E-state index contributed by atoms with van der Waals surface area (Å²) in [4.78, 5) is 29.8. The number of aryl methyl sites for hydroxylation is 2. The van der Waals surface area contributed by atoms with E-state index < -0.39 is 0 Å². The molecule has 0 unspecified atom stereocenters. The van der Waals surface area contributed by atoms with Gasteiger partial charge in [-0.15, -0.1) is 0 Å². The first-order chi connectivity index (χ1) is 15.4. The molecule has 0 saturated heterocycles. The topological polar surface area (TPSA) is 106 Å². The van der Waals surface area contributed by atoms with E-state index in [-0.39, 0.29) is 17.7 Å². The maximum atomic E-state index is 12.6. The fourth-order valence-corrected chi connectivity index (χ4v) is 4.17. The average Bonchev–Trinajstić information content (AvgIpc) is 3.44. The van der Waals surface area contributed by atoms with E-state index in [0.29, 0.717) is 22.8 Å². The smallest absolute Gasteiger partial charge is 0.273 e. The summed E-state index contributed by atoms with van der Waals surface area (Å²) in [5, 5.41) is 15.3. The fourth-order valence-electron chi connectivity index (χ4n) is 3.33. The van der Waals surface area contributed by atoms with Gasteiger partial charge in [0.1, 0.15) is 10.7 Å². The Kier molecular flexibility index (Phi) is 5.14. The Hall–Kier alpha value is -3.66. The standard InChI is InChI=1S/C22H21N7O2S/c1-13-10-17(28(2)26-13)22(31)23-15-4-3-5-16(11-15)32-20-9-8-19-24-18(12-29(19)27-20)25-21(30)14-6-7-14/h3-5,8-12,14H,6-7H2,1-2H3,(H,23,31)(H,25,30). The second kappa shape index (κ2) is 8.12. The molecule has 3 aromatic heterocycles. The monoisotopic (exact) mass is 447 g/mol. The summed E-state index contributed by atoms with van der Waals surface area (Å²) in [6, 6.07) is 13.1. The van der Waals surface area contributed by atoms with Crippen molar-refractivity contribution in [3.05, 3.63) is 60.0 Å². The summed E-state index contributed by atoms with van der Waals surface area (Å²) in [6.07, 6.45) is 3.60. The summed E-state index contributed by atoms with van der Waals surface area (Å²) in [5.74, 6) is 0.428. The first kappa shape index (κ1) is 20.3. The molecule has 1 fully saturated rings. The van der Waals surface area contributed by atoms with Crippen LogP contribution < -0.4 is 10.6 Å². The van der Waals surface area contributed by atoms with Crippen molar-refractivity contribution in [3.8, 4) is 0 Å². The van der Waals surface area contributed by atoms with Crippen LogP contribution in [0.15, 0.2) is 58.6 Å². The van der Waals surface area contributed by atoms with Crippen LogP contribution in [-0.4, -0.2) is 36.2 Å². The number of hydrogen-bond donors (Lipinski definition) is 2. The van der Waals surface area contributed by atoms with Gasteiger partial charge in [0.05, 0.1) is 11.9 Å². The minimum Gasteiger partial charge on any atom is -0.321 e. The predicted octanol–water partition coefficient (Wildman–Crippen LogP) is 3.52. The SMILES string of the molecule is Cc1cc(C(=O)Nc2cccc(Sc3ccc4nc(NC(=O)C5CC5)cn4n3)c2)n(C)n1. The highest BCUT2D eigenvalue weighted by molar-refractivity contribution is 7.99. The number of rotatable bonds is 6. The number of carbonyl (C=O) groups is 2. The lowest BCUT2D eigenvalue weighted by Crippen LogP contribution is -2.16. The molecule has 4 aromatic rings. The van der Waals surface area contributed by atoms with E-state index in [2.05, 4.69) is 25.8 Å². The van der Waals surface area contributed by atoms with Crippen molar-refractivity contribution >= 4 is 40.7 Å². The van der Waals surface area contributed by atoms with Crippen molar-refractivity contribution in [2.75, 3.05) is 10.6 Å². The number of aromatic nitrogens is 5. The molecule has 1 saturated carbocycles. The average molecular weight is 448 g/mol. The molecule has 1 aliphatic carbocycles. The van der Waals surface area contributed by atoms with Gasteiger partial charge in [-0.2, -0.15) is 10.2 Å². The fraction of sp³-hybridized carbons (Fsp3) is 0.227. The third-order valence-corrected chi connectivity index (χ3v) is 5.96. The Bertz CT molecular complexity index is 1340. The van der Waals surface area contributed by atoms with Crippen molar-refractivity contribution in [1.82, 2.24) is 24.4 Å². The first-order valence-corrected chi connectivity index (χ1v) is 11.0. The zero-order valence-corrected chi connectivity index (χ0v) is 18.4. The summed E-state index contributed by atoms with van der Waals surface area (Å²) in [5.41, 5.74) is 2.64. The molecule has 2 N–H and O–H groups in total. The van der Waals surface area contributed by atoms with Crippen LogP contribution in [0.3, 0.4) is 0 Å². The number of hydrogen-bond acceptors (Lipinski definition) is 6. The van der Waals surface area contributed by atoms with Crippen molar-refractivity contribution in [3.63, 3.8) is 0 Å². The lowest BCUT2D eigenvalue weighted by atomic mass is 10.3. The molecule has 0 bridgehead atoms. The normalized spacial score (nSPS) is 13.3. The summed E-state index contributed by atoms with van der Waals surface area (Å²) in [7, 11) is 1.74. The van der Waals surface area contributed by atoms with Gasteiger partial charge in [-0.1, -0.05) is 17.8 Å². The molecule has 3 heterocycles. The van der Waals surface area contributed by atoms with Gasteiger partial charge in [0, 0.05) is 23.5 Å². The molecule has 2 amide bonds. The van der Waals surface area contributed by atoms with E-state index in [4.69, 9.17) is 0 Å². The van der Waals surface area contributed by atoms with Gasteiger partial charge in [0.25, 0.3) is 5.91 Å². The predicted molar refractivity (Wildman–Crippen MR) is 121 cm³/mol. The van der Waals surface area contributed by atoms with Gasteiger partial charge in [0.2, 0.25) is 5.91 Å². The molecule has 0 radical (unpaired) electrons. The molecule has 0 atom stereocenters. The van der Waals surface area contributed by atoms with Crippen LogP contribution in [0.2, 0.25) is 0 Å². The molecule has 162 valence electrons. The van der Waals surface area contributed by atoms with E-state index >= 15 is 0 Å². The van der Waals surface area contributed by atoms with Crippen LogP contribution in [-0.2, 0) is 11.8 Å². The molecule has 1 aliphatic rings. The number of nitrogens with one attached hydrogen (secondary N) is 2. The first-order valence-electron chi connectivity index (χ1n) is 10.2.